The van der Waals surface area contributed by atoms with Crippen molar-refractivity contribution in [3.8, 4) is 0 Å². The molecule has 1 rings (SSSR count). The summed E-state index contributed by atoms with van der Waals surface area (Å²) in [7, 11) is -3.27. The molecule has 0 saturated carbocycles. The van der Waals surface area contributed by atoms with Crippen LogP contribution >= 0.6 is 0 Å². The predicted molar refractivity (Wildman–Crippen MR) is 56.7 cm³/mol. The number of sulfonamides is 1. The van der Waals surface area contributed by atoms with E-state index in [4.69, 9.17) is 5.73 Å². The van der Waals surface area contributed by atoms with Crippen molar-refractivity contribution in [3.05, 3.63) is 0 Å². The van der Waals surface area contributed by atoms with Gasteiger partial charge < -0.3 is 11.1 Å². The Labute approximate surface area is 89.9 Å². The molecule has 3 N–H and O–H groups in total. The number of nitrogens with zero attached hydrogens (tertiary/aromatic N) is 1. The van der Waals surface area contributed by atoms with Gasteiger partial charge in [0.1, 0.15) is 0 Å². The van der Waals surface area contributed by atoms with E-state index in [2.05, 4.69) is 5.32 Å². The molecule has 1 heterocycles. The number of carbonyl (C=O) groups is 1. The summed E-state index contributed by atoms with van der Waals surface area (Å²) in [6.45, 7) is 1.21. The second kappa shape index (κ2) is 5.43. The number of nitrogens with one attached hydrogen (secondary N) is 1. The van der Waals surface area contributed by atoms with Gasteiger partial charge in [0.25, 0.3) is 0 Å². The molecule has 15 heavy (non-hydrogen) atoms. The van der Waals surface area contributed by atoms with Crippen LogP contribution in [0.5, 0.6) is 0 Å². The standard InChI is InChI=1S/C8H17N3O3S/c9-3-1-2-6-15(13,14)11-5-4-10-8(12)7-11/h1-7,9H2,(H,10,12). The van der Waals surface area contributed by atoms with Crippen molar-refractivity contribution in [2.75, 3.05) is 31.9 Å². The first-order valence-corrected chi connectivity index (χ1v) is 6.62. The van der Waals surface area contributed by atoms with Crippen LogP contribution in [0.1, 0.15) is 12.8 Å². The molecule has 0 atom stereocenters. The Hall–Kier alpha value is -0.660. The molecule has 1 amide bonds. The van der Waals surface area contributed by atoms with Gasteiger partial charge in [0.05, 0.1) is 12.3 Å². The van der Waals surface area contributed by atoms with Crippen LogP contribution in [-0.2, 0) is 14.8 Å². The Morgan fingerprint density at radius 1 is 1.40 bits per heavy atom. The van der Waals surface area contributed by atoms with Crippen molar-refractivity contribution in [3.63, 3.8) is 0 Å². The zero-order chi connectivity index (χ0) is 11.3. The van der Waals surface area contributed by atoms with Gasteiger partial charge in [0, 0.05) is 13.1 Å². The first-order valence-electron chi connectivity index (χ1n) is 5.01. The van der Waals surface area contributed by atoms with Gasteiger partial charge in [-0.25, -0.2) is 8.42 Å². The first kappa shape index (κ1) is 12.4. The number of unbranched alkanes of at least 4 members (excludes halogenated alkanes) is 1. The minimum Gasteiger partial charge on any atom is -0.354 e. The summed E-state index contributed by atoms with van der Waals surface area (Å²) in [5.74, 6) is -0.152. The molecule has 7 heteroatoms. The Balaban J connectivity index is 2.49. The normalized spacial score (nSPS) is 18.9. The average Bonchev–Trinajstić information content (AvgIpc) is 2.18. The zero-order valence-electron chi connectivity index (χ0n) is 8.61. The second-order valence-electron chi connectivity index (χ2n) is 3.50. The van der Waals surface area contributed by atoms with Crippen LogP contribution in [0.4, 0.5) is 0 Å². The topological polar surface area (TPSA) is 92.5 Å². The molecule has 0 spiro atoms. The number of hydrogen-bond donors (Lipinski definition) is 2. The Bertz CT molecular complexity index is 315. The lowest BCUT2D eigenvalue weighted by Gasteiger charge is -2.25. The van der Waals surface area contributed by atoms with Crippen molar-refractivity contribution in [2.45, 2.75) is 12.8 Å². The molecule has 1 aliphatic rings. The molecule has 6 nitrogen and oxygen atoms in total. The minimum absolute atomic E-state index is 0.0506. The van der Waals surface area contributed by atoms with Gasteiger partial charge in [0.15, 0.2) is 0 Å². The minimum atomic E-state index is -3.27. The van der Waals surface area contributed by atoms with Crippen molar-refractivity contribution < 1.29 is 13.2 Å². The van der Waals surface area contributed by atoms with Gasteiger partial charge in [-0.2, -0.15) is 4.31 Å². The number of nitrogens with two attached hydrogens (primary N) is 1. The van der Waals surface area contributed by atoms with Gasteiger partial charge in [0.2, 0.25) is 15.9 Å². The van der Waals surface area contributed by atoms with Crippen molar-refractivity contribution in [1.29, 1.82) is 0 Å². The molecule has 0 aliphatic carbocycles. The smallest absolute Gasteiger partial charge is 0.235 e. The lowest BCUT2D eigenvalue weighted by Crippen LogP contribution is -2.50. The predicted octanol–water partition coefficient (Wildman–Crippen LogP) is -1.51. The molecule has 0 aromatic carbocycles. The van der Waals surface area contributed by atoms with E-state index in [1.165, 1.54) is 4.31 Å². The Morgan fingerprint density at radius 2 is 2.13 bits per heavy atom. The molecule has 0 unspecified atom stereocenters. The van der Waals surface area contributed by atoms with E-state index in [1.54, 1.807) is 0 Å². The van der Waals surface area contributed by atoms with E-state index < -0.39 is 10.0 Å². The van der Waals surface area contributed by atoms with Crippen LogP contribution in [0.3, 0.4) is 0 Å². The van der Waals surface area contributed by atoms with Crippen LogP contribution in [0.25, 0.3) is 0 Å². The fourth-order valence-corrected chi connectivity index (χ4v) is 2.92. The maximum absolute atomic E-state index is 11.7. The molecule has 1 saturated heterocycles. The molecule has 0 aromatic heterocycles. The third kappa shape index (κ3) is 3.77. The average molecular weight is 235 g/mol. The van der Waals surface area contributed by atoms with E-state index in [0.29, 0.717) is 32.5 Å². The maximum atomic E-state index is 11.7. The highest BCUT2D eigenvalue weighted by atomic mass is 32.2. The lowest BCUT2D eigenvalue weighted by molar-refractivity contribution is -0.122. The monoisotopic (exact) mass is 235 g/mol. The van der Waals surface area contributed by atoms with Crippen LogP contribution in [0.15, 0.2) is 0 Å². The summed E-state index contributed by atoms with van der Waals surface area (Å²) in [5.41, 5.74) is 5.29. The molecule has 1 fully saturated rings. The van der Waals surface area contributed by atoms with E-state index in [1.807, 2.05) is 0 Å². The molecule has 88 valence electrons. The summed E-state index contributed by atoms with van der Waals surface area (Å²) in [5, 5.41) is 2.59. The number of carbonyl (C=O) groups excluding carboxylic acids is 1. The zero-order valence-corrected chi connectivity index (χ0v) is 9.42. The Morgan fingerprint density at radius 3 is 2.73 bits per heavy atom. The van der Waals surface area contributed by atoms with Crippen LogP contribution in [0, 0.1) is 0 Å². The van der Waals surface area contributed by atoms with Crippen LogP contribution < -0.4 is 11.1 Å². The van der Waals surface area contributed by atoms with Gasteiger partial charge in [-0.05, 0) is 19.4 Å². The van der Waals surface area contributed by atoms with Crippen LogP contribution in [0.2, 0.25) is 0 Å². The van der Waals surface area contributed by atoms with Crippen molar-refractivity contribution >= 4 is 15.9 Å². The lowest BCUT2D eigenvalue weighted by atomic mass is 10.3. The Kier molecular flexibility index (Phi) is 4.49. The summed E-state index contributed by atoms with van der Waals surface area (Å²) in [4.78, 5) is 11.0. The molecule has 0 bridgehead atoms. The van der Waals surface area contributed by atoms with Gasteiger partial charge in [-0.3, -0.25) is 4.79 Å². The van der Waals surface area contributed by atoms with E-state index in [-0.39, 0.29) is 18.2 Å². The summed E-state index contributed by atoms with van der Waals surface area (Å²) < 4.78 is 24.7. The molecule has 0 radical (unpaired) electrons. The summed E-state index contributed by atoms with van der Waals surface area (Å²) >= 11 is 0. The largest absolute Gasteiger partial charge is 0.354 e. The van der Waals surface area contributed by atoms with Crippen molar-refractivity contribution in [1.82, 2.24) is 9.62 Å². The molecular formula is C8H17N3O3S. The third-order valence-corrected chi connectivity index (χ3v) is 4.16. The molecule has 1 aliphatic heterocycles. The van der Waals surface area contributed by atoms with Crippen LogP contribution in [-0.4, -0.2) is 50.6 Å². The SMILES string of the molecule is NCCCCS(=O)(=O)N1CCNC(=O)C1. The summed E-state index contributed by atoms with van der Waals surface area (Å²) in [6, 6.07) is 0. The highest BCUT2D eigenvalue weighted by molar-refractivity contribution is 7.89. The molecule has 0 aromatic rings. The van der Waals surface area contributed by atoms with E-state index in [0.717, 1.165) is 0 Å². The highest BCUT2D eigenvalue weighted by Crippen LogP contribution is 2.06. The van der Waals surface area contributed by atoms with Gasteiger partial charge in [-0.15, -0.1) is 0 Å². The highest BCUT2D eigenvalue weighted by Gasteiger charge is 2.26. The second-order valence-corrected chi connectivity index (χ2v) is 5.58. The van der Waals surface area contributed by atoms with E-state index in [9.17, 15) is 13.2 Å². The van der Waals surface area contributed by atoms with E-state index >= 15 is 0 Å². The first-order chi connectivity index (χ1) is 7.06. The quantitative estimate of drug-likeness (QED) is 0.566. The number of hydrogen-bond acceptors (Lipinski definition) is 4. The van der Waals surface area contributed by atoms with Gasteiger partial charge >= 0.3 is 0 Å². The molecular weight excluding hydrogens is 218 g/mol. The number of piperazine rings is 1. The fraction of sp³-hybridized carbons (Fsp3) is 0.875. The summed E-state index contributed by atoms with van der Waals surface area (Å²) in [6.07, 6.45) is 1.25. The third-order valence-electron chi connectivity index (χ3n) is 2.25. The van der Waals surface area contributed by atoms with Crippen molar-refractivity contribution in [2.24, 2.45) is 5.73 Å². The van der Waals surface area contributed by atoms with Gasteiger partial charge in [-0.1, -0.05) is 0 Å². The fourth-order valence-electron chi connectivity index (χ4n) is 1.41. The maximum Gasteiger partial charge on any atom is 0.235 e. The number of rotatable bonds is 5. The number of amides is 1.